The van der Waals surface area contributed by atoms with Crippen LogP contribution < -0.4 is 11.1 Å². The van der Waals surface area contributed by atoms with E-state index in [1.54, 1.807) is 0 Å². The summed E-state index contributed by atoms with van der Waals surface area (Å²) in [7, 11) is 0. The molecule has 1 rings (SSSR count). The molecule has 0 bridgehead atoms. The van der Waals surface area contributed by atoms with Crippen molar-refractivity contribution in [2.75, 3.05) is 6.54 Å². The Kier molecular flexibility index (Phi) is 4.90. The number of carbonyl (C=O) groups is 1. The molecule has 0 aliphatic rings. The highest BCUT2D eigenvalue weighted by Gasteiger charge is 2.14. The molecule has 1 unspecified atom stereocenters. The molecule has 0 aromatic heterocycles. The highest BCUT2D eigenvalue weighted by molar-refractivity contribution is 5.96. The minimum Gasteiger partial charge on any atom is -0.507 e. The first-order valence-corrected chi connectivity index (χ1v) is 5.54. The number of nitrogens with one attached hydrogen (secondary N) is 1. The highest BCUT2D eigenvalue weighted by atomic mass is 19.1. The standard InChI is InChI=1S/C12H17FN2O2/c1-8(3-2-6-14)15-12(17)10-7-9(13)4-5-11(10)16/h4-5,7-8,16H,2-3,6,14H2,1H3,(H,15,17). The number of benzene rings is 1. The Balaban J connectivity index is 2.66. The van der Waals surface area contributed by atoms with Crippen molar-refractivity contribution in [2.24, 2.45) is 5.73 Å². The number of phenolic OH excluding ortho intramolecular Hbond substituents is 1. The summed E-state index contributed by atoms with van der Waals surface area (Å²) in [5, 5.41) is 12.1. The molecule has 0 saturated heterocycles. The van der Waals surface area contributed by atoms with E-state index in [2.05, 4.69) is 5.32 Å². The van der Waals surface area contributed by atoms with Crippen LogP contribution in [0.1, 0.15) is 30.1 Å². The number of rotatable bonds is 5. The van der Waals surface area contributed by atoms with Crippen molar-refractivity contribution in [3.8, 4) is 5.75 Å². The van der Waals surface area contributed by atoms with Gasteiger partial charge in [0.2, 0.25) is 0 Å². The summed E-state index contributed by atoms with van der Waals surface area (Å²) in [6, 6.07) is 3.22. The molecule has 0 aliphatic carbocycles. The average Bonchev–Trinajstić information content (AvgIpc) is 2.29. The molecule has 17 heavy (non-hydrogen) atoms. The van der Waals surface area contributed by atoms with Crippen LogP contribution in [0.4, 0.5) is 4.39 Å². The number of aromatic hydroxyl groups is 1. The third-order valence-corrected chi connectivity index (χ3v) is 2.42. The summed E-state index contributed by atoms with van der Waals surface area (Å²) in [6.45, 7) is 2.40. The van der Waals surface area contributed by atoms with Crippen molar-refractivity contribution >= 4 is 5.91 Å². The van der Waals surface area contributed by atoms with Crippen LogP contribution in [0.3, 0.4) is 0 Å². The lowest BCUT2D eigenvalue weighted by molar-refractivity contribution is 0.0935. The van der Waals surface area contributed by atoms with E-state index in [0.29, 0.717) is 6.54 Å². The first-order chi connectivity index (χ1) is 8.04. The fourth-order valence-electron chi connectivity index (χ4n) is 1.49. The van der Waals surface area contributed by atoms with E-state index in [-0.39, 0.29) is 17.4 Å². The van der Waals surface area contributed by atoms with Crippen LogP contribution in [0, 0.1) is 5.82 Å². The summed E-state index contributed by atoms with van der Waals surface area (Å²) in [6.07, 6.45) is 1.55. The normalized spacial score (nSPS) is 12.2. The maximum Gasteiger partial charge on any atom is 0.255 e. The Morgan fingerprint density at radius 2 is 2.29 bits per heavy atom. The molecule has 4 N–H and O–H groups in total. The van der Waals surface area contributed by atoms with Gasteiger partial charge in [0.05, 0.1) is 5.56 Å². The second-order valence-electron chi connectivity index (χ2n) is 3.97. The molecule has 1 aromatic carbocycles. The van der Waals surface area contributed by atoms with E-state index < -0.39 is 11.7 Å². The Labute approximate surface area is 99.6 Å². The van der Waals surface area contributed by atoms with E-state index in [1.165, 1.54) is 0 Å². The van der Waals surface area contributed by atoms with E-state index in [4.69, 9.17) is 5.73 Å². The number of phenols is 1. The maximum atomic E-state index is 12.9. The molecule has 1 amide bonds. The summed E-state index contributed by atoms with van der Waals surface area (Å²) in [5.41, 5.74) is 5.31. The van der Waals surface area contributed by atoms with E-state index in [0.717, 1.165) is 31.0 Å². The van der Waals surface area contributed by atoms with Gasteiger partial charge in [-0.25, -0.2) is 4.39 Å². The van der Waals surface area contributed by atoms with Gasteiger partial charge in [-0.1, -0.05) is 0 Å². The fraction of sp³-hybridized carbons (Fsp3) is 0.417. The van der Waals surface area contributed by atoms with Crippen molar-refractivity contribution in [3.05, 3.63) is 29.6 Å². The SMILES string of the molecule is CC(CCCN)NC(=O)c1cc(F)ccc1O. The average molecular weight is 240 g/mol. The molecule has 94 valence electrons. The Morgan fingerprint density at radius 3 is 2.94 bits per heavy atom. The smallest absolute Gasteiger partial charge is 0.255 e. The van der Waals surface area contributed by atoms with Crippen LogP contribution in [-0.2, 0) is 0 Å². The van der Waals surface area contributed by atoms with Gasteiger partial charge in [-0.15, -0.1) is 0 Å². The summed E-state index contributed by atoms with van der Waals surface area (Å²) in [5.74, 6) is -1.26. The third kappa shape index (κ3) is 4.03. The van der Waals surface area contributed by atoms with Crippen LogP contribution in [0.5, 0.6) is 5.75 Å². The predicted molar refractivity (Wildman–Crippen MR) is 63.3 cm³/mol. The predicted octanol–water partition coefficient (Wildman–Crippen LogP) is 1.39. The highest BCUT2D eigenvalue weighted by Crippen LogP contribution is 2.17. The van der Waals surface area contributed by atoms with Crippen LogP contribution in [0.2, 0.25) is 0 Å². The molecule has 0 radical (unpaired) electrons. The molecule has 0 fully saturated rings. The van der Waals surface area contributed by atoms with Crippen molar-refractivity contribution in [2.45, 2.75) is 25.8 Å². The molecular weight excluding hydrogens is 223 g/mol. The van der Waals surface area contributed by atoms with Gasteiger partial charge in [0.25, 0.3) is 5.91 Å². The number of halogens is 1. The monoisotopic (exact) mass is 240 g/mol. The van der Waals surface area contributed by atoms with Gasteiger partial charge < -0.3 is 16.2 Å². The van der Waals surface area contributed by atoms with Crippen molar-refractivity contribution < 1.29 is 14.3 Å². The zero-order valence-corrected chi connectivity index (χ0v) is 9.74. The van der Waals surface area contributed by atoms with Crippen LogP contribution in [0.25, 0.3) is 0 Å². The zero-order valence-electron chi connectivity index (χ0n) is 9.74. The molecule has 1 atom stereocenters. The second kappa shape index (κ2) is 6.20. The number of carbonyl (C=O) groups excluding carboxylic acids is 1. The zero-order chi connectivity index (χ0) is 12.8. The van der Waals surface area contributed by atoms with Gasteiger partial charge >= 0.3 is 0 Å². The van der Waals surface area contributed by atoms with E-state index >= 15 is 0 Å². The second-order valence-corrected chi connectivity index (χ2v) is 3.97. The van der Waals surface area contributed by atoms with Crippen LogP contribution in [-0.4, -0.2) is 23.6 Å². The molecular formula is C12H17FN2O2. The molecule has 0 heterocycles. The number of amides is 1. The van der Waals surface area contributed by atoms with Gasteiger partial charge in [-0.3, -0.25) is 4.79 Å². The Hall–Kier alpha value is -1.62. The van der Waals surface area contributed by atoms with Gasteiger partial charge in [0.1, 0.15) is 11.6 Å². The van der Waals surface area contributed by atoms with Gasteiger partial charge in [-0.05, 0) is 44.5 Å². The van der Waals surface area contributed by atoms with Gasteiger partial charge in [-0.2, -0.15) is 0 Å². The molecule has 5 heteroatoms. The first kappa shape index (κ1) is 13.4. The number of hydrogen-bond donors (Lipinski definition) is 3. The molecule has 4 nitrogen and oxygen atoms in total. The topological polar surface area (TPSA) is 75.3 Å². The first-order valence-electron chi connectivity index (χ1n) is 5.54. The minimum atomic E-state index is -0.553. The van der Waals surface area contributed by atoms with E-state index in [1.807, 2.05) is 6.92 Å². The molecule has 0 spiro atoms. The minimum absolute atomic E-state index is 0.0513. The number of hydrogen-bond acceptors (Lipinski definition) is 3. The number of nitrogens with two attached hydrogens (primary N) is 1. The fourth-order valence-corrected chi connectivity index (χ4v) is 1.49. The lowest BCUT2D eigenvalue weighted by Crippen LogP contribution is -2.33. The summed E-state index contributed by atoms with van der Waals surface area (Å²) >= 11 is 0. The Morgan fingerprint density at radius 1 is 1.59 bits per heavy atom. The lowest BCUT2D eigenvalue weighted by Gasteiger charge is -2.13. The summed E-state index contributed by atoms with van der Waals surface area (Å²) in [4.78, 5) is 11.7. The molecule has 0 saturated carbocycles. The summed E-state index contributed by atoms with van der Waals surface area (Å²) < 4.78 is 12.9. The van der Waals surface area contributed by atoms with Crippen molar-refractivity contribution in [1.29, 1.82) is 0 Å². The molecule has 0 aliphatic heterocycles. The quantitative estimate of drug-likeness (QED) is 0.728. The molecule has 1 aromatic rings. The van der Waals surface area contributed by atoms with Crippen LogP contribution in [0.15, 0.2) is 18.2 Å². The Bertz CT molecular complexity index is 396. The van der Waals surface area contributed by atoms with Crippen molar-refractivity contribution in [3.63, 3.8) is 0 Å². The van der Waals surface area contributed by atoms with Gasteiger partial charge in [0.15, 0.2) is 0 Å². The maximum absolute atomic E-state index is 12.9. The van der Waals surface area contributed by atoms with Gasteiger partial charge in [0, 0.05) is 6.04 Å². The lowest BCUT2D eigenvalue weighted by atomic mass is 10.1. The van der Waals surface area contributed by atoms with Crippen molar-refractivity contribution in [1.82, 2.24) is 5.32 Å². The third-order valence-electron chi connectivity index (χ3n) is 2.42. The van der Waals surface area contributed by atoms with E-state index in [9.17, 15) is 14.3 Å². The van der Waals surface area contributed by atoms with Crippen LogP contribution >= 0.6 is 0 Å². The largest absolute Gasteiger partial charge is 0.507 e.